The molecule has 2 atom stereocenters. The summed E-state index contributed by atoms with van der Waals surface area (Å²) in [7, 11) is -3.46. The van der Waals surface area contributed by atoms with Crippen LogP contribution in [0.5, 0.6) is 0 Å². The first kappa shape index (κ1) is 12.8. The highest BCUT2D eigenvalue weighted by Gasteiger charge is 2.45. The van der Waals surface area contributed by atoms with Crippen LogP contribution in [0.25, 0.3) is 0 Å². The smallest absolute Gasteiger partial charge is 0.322 e. The number of carbonyl (C=O) groups is 1. The van der Waals surface area contributed by atoms with Crippen LogP contribution in [0.3, 0.4) is 0 Å². The molecule has 0 aromatic heterocycles. The molecule has 0 spiro atoms. The molecule has 0 radical (unpaired) electrons. The largest absolute Gasteiger partial charge is 0.480 e. The molecule has 0 saturated carbocycles. The lowest BCUT2D eigenvalue weighted by atomic mass is 10.2. The summed E-state index contributed by atoms with van der Waals surface area (Å²) in [5.41, 5.74) is 0. The Morgan fingerprint density at radius 1 is 1.53 bits per heavy atom. The molecule has 1 aliphatic rings. The van der Waals surface area contributed by atoms with Crippen LogP contribution in [0.4, 0.5) is 0 Å². The van der Waals surface area contributed by atoms with Crippen LogP contribution in [0, 0.1) is 5.92 Å². The number of sulfonamides is 1. The highest BCUT2D eigenvalue weighted by molar-refractivity contribution is 8.01. The molecule has 15 heavy (non-hydrogen) atoms. The second-order valence-corrected chi connectivity index (χ2v) is 6.95. The number of hydrogen-bond donors (Lipinski definition) is 1. The van der Waals surface area contributed by atoms with E-state index in [2.05, 4.69) is 0 Å². The number of carboxylic acid groups (broad SMARTS) is 1. The second kappa shape index (κ2) is 4.31. The lowest BCUT2D eigenvalue weighted by Gasteiger charge is -2.26. The highest BCUT2D eigenvalue weighted by Crippen LogP contribution is 2.35. The second-order valence-electron chi connectivity index (χ2n) is 3.91. The van der Waals surface area contributed by atoms with Gasteiger partial charge in [-0.25, -0.2) is 8.42 Å². The van der Waals surface area contributed by atoms with Crippen molar-refractivity contribution in [1.82, 2.24) is 4.31 Å². The van der Waals surface area contributed by atoms with Gasteiger partial charge in [-0.15, -0.1) is 11.8 Å². The summed E-state index contributed by atoms with van der Waals surface area (Å²) in [5, 5.41) is 8.66. The van der Waals surface area contributed by atoms with Crippen molar-refractivity contribution in [2.45, 2.75) is 25.3 Å². The van der Waals surface area contributed by atoms with Crippen molar-refractivity contribution >= 4 is 27.8 Å². The Bertz CT molecular complexity index is 352. The number of hydrogen-bond acceptors (Lipinski definition) is 4. The maximum atomic E-state index is 11.5. The minimum absolute atomic E-state index is 0.106. The highest BCUT2D eigenvalue weighted by atomic mass is 32.2. The number of nitrogens with zero attached hydrogens (tertiary/aromatic N) is 1. The van der Waals surface area contributed by atoms with E-state index in [4.69, 9.17) is 5.11 Å². The van der Waals surface area contributed by atoms with Gasteiger partial charge in [-0.05, 0) is 5.92 Å². The SMILES string of the molecule is CC(C)C1SCC(C(=O)O)N1S(C)(=O)=O. The predicted octanol–water partition coefficient (Wildman–Crippen LogP) is 0.430. The number of rotatable bonds is 3. The number of carboxylic acids is 1. The standard InChI is InChI=1S/C8H15NO4S2/c1-5(2)7-9(15(3,12)13)6(4-14-7)8(10)11/h5-7H,4H2,1-3H3,(H,10,11). The topological polar surface area (TPSA) is 74.7 Å². The van der Waals surface area contributed by atoms with Crippen molar-refractivity contribution in [1.29, 1.82) is 0 Å². The van der Waals surface area contributed by atoms with E-state index < -0.39 is 22.0 Å². The first-order valence-corrected chi connectivity index (χ1v) is 7.47. The lowest BCUT2D eigenvalue weighted by Crippen LogP contribution is -2.46. The van der Waals surface area contributed by atoms with Gasteiger partial charge in [0, 0.05) is 5.75 Å². The molecular weight excluding hydrogens is 238 g/mol. The van der Waals surface area contributed by atoms with Crippen molar-refractivity contribution in [3.05, 3.63) is 0 Å². The van der Waals surface area contributed by atoms with Crippen LogP contribution in [0.2, 0.25) is 0 Å². The fraction of sp³-hybridized carbons (Fsp3) is 0.875. The van der Waals surface area contributed by atoms with Gasteiger partial charge in [-0.2, -0.15) is 4.31 Å². The fourth-order valence-electron chi connectivity index (χ4n) is 1.60. The number of thioether (sulfide) groups is 1. The van der Waals surface area contributed by atoms with E-state index in [-0.39, 0.29) is 11.3 Å². The zero-order valence-corrected chi connectivity index (χ0v) is 10.5. The Balaban J connectivity index is 3.04. The molecule has 1 fully saturated rings. The van der Waals surface area contributed by atoms with Gasteiger partial charge in [0.25, 0.3) is 0 Å². The molecule has 1 heterocycles. The Kier molecular flexibility index (Phi) is 3.67. The summed E-state index contributed by atoms with van der Waals surface area (Å²) in [6.45, 7) is 3.78. The van der Waals surface area contributed by atoms with E-state index in [1.165, 1.54) is 11.8 Å². The van der Waals surface area contributed by atoms with Crippen LogP contribution in [0.15, 0.2) is 0 Å². The average Bonchev–Trinajstić information content (AvgIpc) is 2.45. The van der Waals surface area contributed by atoms with Gasteiger partial charge in [-0.1, -0.05) is 13.8 Å². The van der Waals surface area contributed by atoms with Crippen LogP contribution >= 0.6 is 11.8 Å². The summed E-state index contributed by atoms with van der Waals surface area (Å²) in [5.74, 6) is -0.643. The zero-order valence-electron chi connectivity index (χ0n) is 8.87. The molecule has 0 bridgehead atoms. The summed E-state index contributed by atoms with van der Waals surface area (Å²) < 4.78 is 24.1. The molecule has 2 unspecified atom stereocenters. The summed E-state index contributed by atoms with van der Waals surface area (Å²) in [4.78, 5) is 10.9. The van der Waals surface area contributed by atoms with E-state index in [0.29, 0.717) is 5.75 Å². The lowest BCUT2D eigenvalue weighted by molar-refractivity contribution is -0.140. The molecule has 0 aromatic rings. The molecule has 0 aliphatic carbocycles. The van der Waals surface area contributed by atoms with Crippen LogP contribution in [0.1, 0.15) is 13.8 Å². The predicted molar refractivity (Wildman–Crippen MR) is 59.2 cm³/mol. The molecule has 88 valence electrons. The quantitative estimate of drug-likeness (QED) is 0.789. The minimum Gasteiger partial charge on any atom is -0.480 e. The Morgan fingerprint density at radius 2 is 2.07 bits per heavy atom. The third-order valence-electron chi connectivity index (χ3n) is 2.22. The Labute approximate surface area is 93.9 Å². The van der Waals surface area contributed by atoms with Gasteiger partial charge in [0.15, 0.2) is 0 Å². The summed E-state index contributed by atoms with van der Waals surface area (Å²) in [6.07, 6.45) is 1.06. The van der Waals surface area contributed by atoms with Crippen molar-refractivity contribution in [2.24, 2.45) is 5.92 Å². The molecule has 1 rings (SSSR count). The first-order chi connectivity index (χ1) is 6.75. The molecule has 1 saturated heterocycles. The maximum Gasteiger partial charge on any atom is 0.322 e. The van der Waals surface area contributed by atoms with Crippen molar-refractivity contribution in [2.75, 3.05) is 12.0 Å². The fourth-order valence-corrected chi connectivity index (χ4v) is 4.96. The van der Waals surface area contributed by atoms with Gasteiger partial charge in [0.05, 0.1) is 11.6 Å². The van der Waals surface area contributed by atoms with E-state index in [1.54, 1.807) is 0 Å². The van der Waals surface area contributed by atoms with Gasteiger partial charge in [-0.3, -0.25) is 4.79 Å². The van der Waals surface area contributed by atoms with Crippen molar-refractivity contribution < 1.29 is 18.3 Å². The molecule has 5 nitrogen and oxygen atoms in total. The van der Waals surface area contributed by atoms with Crippen LogP contribution in [-0.4, -0.2) is 47.2 Å². The first-order valence-electron chi connectivity index (χ1n) is 4.58. The molecular formula is C8H15NO4S2. The average molecular weight is 253 g/mol. The van der Waals surface area contributed by atoms with Gasteiger partial charge in [0.2, 0.25) is 10.0 Å². The maximum absolute atomic E-state index is 11.5. The Morgan fingerprint density at radius 3 is 2.40 bits per heavy atom. The zero-order chi connectivity index (χ0) is 11.8. The molecule has 1 N–H and O–H groups in total. The molecule has 7 heteroatoms. The van der Waals surface area contributed by atoms with Gasteiger partial charge in [0.1, 0.15) is 6.04 Å². The third kappa shape index (κ3) is 2.64. The van der Waals surface area contributed by atoms with Gasteiger partial charge < -0.3 is 5.11 Å². The van der Waals surface area contributed by atoms with E-state index in [1.807, 2.05) is 13.8 Å². The van der Waals surface area contributed by atoms with E-state index in [0.717, 1.165) is 10.6 Å². The molecule has 0 amide bonds. The summed E-state index contributed by atoms with van der Waals surface area (Å²) >= 11 is 1.39. The number of aliphatic carboxylic acids is 1. The Hall–Kier alpha value is -0.270. The monoisotopic (exact) mass is 253 g/mol. The minimum atomic E-state index is -3.46. The van der Waals surface area contributed by atoms with Crippen LogP contribution < -0.4 is 0 Å². The van der Waals surface area contributed by atoms with Crippen LogP contribution in [-0.2, 0) is 14.8 Å². The molecule has 1 aliphatic heterocycles. The third-order valence-corrected chi connectivity index (χ3v) is 5.22. The van der Waals surface area contributed by atoms with Gasteiger partial charge >= 0.3 is 5.97 Å². The summed E-state index contributed by atoms with van der Waals surface area (Å²) in [6, 6.07) is -0.919. The molecule has 0 aromatic carbocycles. The van der Waals surface area contributed by atoms with Crippen molar-refractivity contribution in [3.63, 3.8) is 0 Å². The van der Waals surface area contributed by atoms with E-state index >= 15 is 0 Å². The normalized spacial score (nSPS) is 28.5. The van der Waals surface area contributed by atoms with Crippen molar-refractivity contribution in [3.8, 4) is 0 Å². The van der Waals surface area contributed by atoms with E-state index in [9.17, 15) is 13.2 Å².